The van der Waals surface area contributed by atoms with Gasteiger partial charge in [0.2, 0.25) is 23.6 Å². The van der Waals surface area contributed by atoms with E-state index < -0.39 is 72.6 Å². The Hall–Kier alpha value is -4.11. The summed E-state index contributed by atoms with van der Waals surface area (Å²) >= 11 is 1.37. The number of carboxylic acids is 2. The van der Waals surface area contributed by atoms with E-state index in [2.05, 4.69) is 20.9 Å². The van der Waals surface area contributed by atoms with Crippen molar-refractivity contribution in [3.05, 3.63) is 36.0 Å². The lowest BCUT2D eigenvalue weighted by Gasteiger charge is -2.24. The van der Waals surface area contributed by atoms with Gasteiger partial charge in [-0.05, 0) is 42.9 Å². The Balaban J connectivity index is 2.15. The van der Waals surface area contributed by atoms with Gasteiger partial charge in [-0.3, -0.25) is 24.0 Å². The van der Waals surface area contributed by atoms with Crippen molar-refractivity contribution in [2.45, 2.75) is 56.3 Å². The molecular weight excluding hydrogens is 544 g/mol. The Bertz CT molecular complexity index is 1230. The van der Waals surface area contributed by atoms with E-state index in [1.54, 1.807) is 12.5 Å². The van der Waals surface area contributed by atoms with E-state index in [-0.39, 0.29) is 19.3 Å². The van der Waals surface area contributed by atoms with E-state index in [0.717, 1.165) is 16.5 Å². The monoisotopic (exact) mass is 578 g/mol. The number of nitrogens with two attached hydrogens (primary N) is 2. The molecule has 14 nitrogen and oxygen atoms in total. The van der Waals surface area contributed by atoms with Gasteiger partial charge in [0.15, 0.2) is 0 Å². The second-order valence-electron chi connectivity index (χ2n) is 9.08. The molecule has 0 aliphatic carbocycles. The van der Waals surface area contributed by atoms with Crippen molar-refractivity contribution in [2.24, 2.45) is 11.5 Å². The Morgan fingerprint density at radius 3 is 2.17 bits per heavy atom. The van der Waals surface area contributed by atoms with Crippen LogP contribution in [0.2, 0.25) is 0 Å². The molecule has 0 aliphatic heterocycles. The number of para-hydroxylation sites is 1. The molecule has 4 atom stereocenters. The summed E-state index contributed by atoms with van der Waals surface area (Å²) in [5, 5.41) is 26.3. The van der Waals surface area contributed by atoms with Gasteiger partial charge >= 0.3 is 11.9 Å². The highest BCUT2D eigenvalue weighted by Gasteiger charge is 2.31. The molecule has 0 aliphatic rings. The first-order valence-electron chi connectivity index (χ1n) is 12.4. The second-order valence-corrected chi connectivity index (χ2v) is 10.1. The number of nitrogens with one attached hydrogen (secondary N) is 4. The number of primary amides is 1. The van der Waals surface area contributed by atoms with Crippen LogP contribution >= 0.6 is 11.8 Å². The number of carbonyl (C=O) groups is 6. The number of rotatable bonds is 17. The van der Waals surface area contributed by atoms with Crippen molar-refractivity contribution < 1.29 is 39.0 Å². The first kappa shape index (κ1) is 32.1. The van der Waals surface area contributed by atoms with Crippen LogP contribution in [0.25, 0.3) is 10.9 Å². The molecule has 10 N–H and O–H groups in total. The molecule has 2 aromatic rings. The van der Waals surface area contributed by atoms with Crippen LogP contribution < -0.4 is 27.4 Å². The number of fused-ring (bicyclic) bond motifs is 1. The molecule has 1 aromatic carbocycles. The minimum Gasteiger partial charge on any atom is -0.481 e. The van der Waals surface area contributed by atoms with Crippen molar-refractivity contribution in [1.29, 1.82) is 0 Å². The van der Waals surface area contributed by atoms with Gasteiger partial charge in [-0.15, -0.1) is 0 Å². The minimum absolute atomic E-state index is 0.0884. The lowest BCUT2D eigenvalue weighted by atomic mass is 10.0. The Kier molecular flexibility index (Phi) is 12.4. The molecule has 218 valence electrons. The third-order valence-corrected chi connectivity index (χ3v) is 6.64. The highest BCUT2D eigenvalue weighted by Crippen LogP contribution is 2.19. The number of amides is 4. The molecule has 0 saturated heterocycles. The van der Waals surface area contributed by atoms with Crippen LogP contribution in [0.4, 0.5) is 0 Å². The lowest BCUT2D eigenvalue weighted by molar-refractivity contribution is -0.142. The van der Waals surface area contributed by atoms with Crippen molar-refractivity contribution >= 4 is 58.2 Å². The maximum atomic E-state index is 13.1. The first-order valence-corrected chi connectivity index (χ1v) is 13.8. The Morgan fingerprint density at radius 1 is 0.925 bits per heavy atom. The van der Waals surface area contributed by atoms with Gasteiger partial charge in [-0.1, -0.05) is 18.2 Å². The summed E-state index contributed by atoms with van der Waals surface area (Å²) in [7, 11) is 0. The zero-order chi connectivity index (χ0) is 29.8. The fraction of sp³-hybridized carbons (Fsp3) is 0.440. The summed E-state index contributed by atoms with van der Waals surface area (Å²) in [5.41, 5.74) is 12.9. The van der Waals surface area contributed by atoms with Crippen LogP contribution in [0, 0.1) is 0 Å². The highest BCUT2D eigenvalue weighted by atomic mass is 32.2. The number of H-pyrrole nitrogens is 1. The number of carboxylic acid groups (broad SMARTS) is 2. The quantitative estimate of drug-likeness (QED) is 0.114. The molecule has 4 unspecified atom stereocenters. The van der Waals surface area contributed by atoms with Crippen LogP contribution in [-0.2, 0) is 35.2 Å². The predicted molar refractivity (Wildman–Crippen MR) is 147 cm³/mol. The summed E-state index contributed by atoms with van der Waals surface area (Å²) in [6.45, 7) is 0. The number of aromatic amines is 1. The Morgan fingerprint density at radius 2 is 1.55 bits per heavy atom. The highest BCUT2D eigenvalue weighted by molar-refractivity contribution is 7.98. The average Bonchev–Trinajstić information content (AvgIpc) is 3.30. The summed E-state index contributed by atoms with van der Waals surface area (Å²) < 4.78 is 0. The Labute approximate surface area is 234 Å². The zero-order valence-electron chi connectivity index (χ0n) is 21.8. The summed E-state index contributed by atoms with van der Waals surface area (Å²) in [5.74, 6) is -5.75. The maximum Gasteiger partial charge on any atom is 0.326 e. The van der Waals surface area contributed by atoms with Crippen molar-refractivity contribution in [3.63, 3.8) is 0 Å². The van der Waals surface area contributed by atoms with E-state index in [9.17, 15) is 33.9 Å². The number of benzene rings is 1. The zero-order valence-corrected chi connectivity index (χ0v) is 22.7. The van der Waals surface area contributed by atoms with Crippen LogP contribution in [-0.4, -0.2) is 86.9 Å². The molecule has 2 rings (SSSR count). The smallest absolute Gasteiger partial charge is 0.326 e. The first-order chi connectivity index (χ1) is 18.9. The van der Waals surface area contributed by atoms with Gasteiger partial charge < -0.3 is 42.6 Å². The molecule has 15 heteroatoms. The van der Waals surface area contributed by atoms with Crippen LogP contribution in [0.3, 0.4) is 0 Å². The largest absolute Gasteiger partial charge is 0.481 e. The van der Waals surface area contributed by atoms with Gasteiger partial charge in [0.25, 0.3) is 0 Å². The molecule has 1 heterocycles. The van der Waals surface area contributed by atoms with Gasteiger partial charge in [0, 0.05) is 23.5 Å². The van der Waals surface area contributed by atoms with Gasteiger partial charge in [0.1, 0.15) is 18.1 Å². The summed E-state index contributed by atoms with van der Waals surface area (Å²) in [6, 6.07) is 2.02. The molecule has 0 fully saturated rings. The molecule has 0 spiro atoms. The maximum absolute atomic E-state index is 13.1. The van der Waals surface area contributed by atoms with Crippen molar-refractivity contribution in [2.75, 3.05) is 12.0 Å². The van der Waals surface area contributed by atoms with Gasteiger partial charge in [-0.2, -0.15) is 11.8 Å². The van der Waals surface area contributed by atoms with Crippen LogP contribution in [0.5, 0.6) is 0 Å². The molecule has 0 bridgehead atoms. The molecular formula is C25H34N6O8S. The fourth-order valence-electron chi connectivity index (χ4n) is 3.89. The lowest BCUT2D eigenvalue weighted by Crippen LogP contribution is -2.58. The van der Waals surface area contributed by atoms with Crippen LogP contribution in [0.1, 0.15) is 31.2 Å². The number of aromatic nitrogens is 1. The van der Waals surface area contributed by atoms with E-state index in [1.807, 2.05) is 24.3 Å². The number of hydrogen-bond acceptors (Lipinski definition) is 8. The third-order valence-electron chi connectivity index (χ3n) is 5.99. The molecule has 40 heavy (non-hydrogen) atoms. The number of aliphatic carboxylic acids is 2. The molecule has 0 radical (unpaired) electrons. The van der Waals surface area contributed by atoms with Crippen LogP contribution in [0.15, 0.2) is 30.5 Å². The third kappa shape index (κ3) is 9.89. The SMILES string of the molecule is CSCCC(NC(=O)C(CC(N)=O)NC(=O)C(CCC(=O)O)NC(=O)C(N)Cc1c[nH]c2ccccc12)C(=O)O. The number of thioether (sulfide) groups is 1. The molecule has 1 aromatic heterocycles. The second kappa shape index (κ2) is 15.5. The normalized spacial score (nSPS) is 13.9. The fourth-order valence-corrected chi connectivity index (χ4v) is 4.37. The summed E-state index contributed by atoms with van der Waals surface area (Å²) in [6.07, 6.45) is 2.17. The van der Waals surface area contributed by atoms with Crippen molar-refractivity contribution in [3.8, 4) is 0 Å². The van der Waals surface area contributed by atoms with E-state index in [0.29, 0.717) is 5.75 Å². The molecule has 0 saturated carbocycles. The van der Waals surface area contributed by atoms with E-state index >= 15 is 0 Å². The predicted octanol–water partition coefficient (Wildman–Crippen LogP) is -0.930. The summed E-state index contributed by atoms with van der Waals surface area (Å²) in [4.78, 5) is 76.1. The van der Waals surface area contributed by atoms with Gasteiger partial charge in [-0.25, -0.2) is 4.79 Å². The van der Waals surface area contributed by atoms with E-state index in [4.69, 9.17) is 16.6 Å². The minimum atomic E-state index is -1.56. The number of hydrogen-bond donors (Lipinski definition) is 8. The van der Waals surface area contributed by atoms with Crippen molar-refractivity contribution in [1.82, 2.24) is 20.9 Å². The number of carbonyl (C=O) groups excluding carboxylic acids is 4. The van der Waals surface area contributed by atoms with E-state index in [1.165, 1.54) is 11.8 Å². The molecule has 4 amide bonds. The van der Waals surface area contributed by atoms with Gasteiger partial charge in [0.05, 0.1) is 12.5 Å². The standard InChI is InChI=1S/C25H34N6O8S/c1-40-9-8-18(25(38)39)30-24(37)19(11-20(27)32)31-23(36)17(6-7-21(33)34)29-22(35)15(26)10-13-12-28-16-5-3-2-4-14(13)16/h2-5,12,15,17-19,28H,6-11,26H2,1H3,(H2,27,32)(H,29,35)(H,30,37)(H,31,36)(H,33,34)(H,38,39). The average molecular weight is 579 g/mol. The topological polar surface area (TPSA) is 247 Å².